The minimum absolute atomic E-state index is 0.0843. The molecule has 6 heteroatoms. The van der Waals surface area contributed by atoms with E-state index in [4.69, 9.17) is 16.3 Å². The molecule has 1 atom stereocenters. The van der Waals surface area contributed by atoms with E-state index in [1.165, 1.54) is 0 Å². The molecule has 1 saturated heterocycles. The molecule has 5 nitrogen and oxygen atoms in total. The van der Waals surface area contributed by atoms with Crippen molar-refractivity contribution < 1.29 is 9.53 Å². The molecule has 110 valence electrons. The van der Waals surface area contributed by atoms with Crippen LogP contribution in [0.3, 0.4) is 0 Å². The zero-order valence-electron chi connectivity index (χ0n) is 11.8. The van der Waals surface area contributed by atoms with E-state index >= 15 is 0 Å². The zero-order chi connectivity index (χ0) is 14.5. The molecule has 1 aliphatic heterocycles. The average Bonchev–Trinajstić information content (AvgIpc) is 2.45. The highest BCUT2D eigenvalue weighted by molar-refractivity contribution is 6.30. The van der Waals surface area contributed by atoms with Crippen LogP contribution in [0.5, 0.6) is 5.75 Å². The molecule has 0 aliphatic carbocycles. The van der Waals surface area contributed by atoms with Gasteiger partial charge in [-0.25, -0.2) is 0 Å². The fourth-order valence-electron chi connectivity index (χ4n) is 2.30. The van der Waals surface area contributed by atoms with E-state index in [2.05, 4.69) is 10.6 Å². The fourth-order valence-corrected chi connectivity index (χ4v) is 2.47. The van der Waals surface area contributed by atoms with E-state index in [-0.39, 0.29) is 18.5 Å². The Balaban J connectivity index is 1.97. The molecule has 1 fully saturated rings. The number of hydrogen-bond acceptors (Lipinski definition) is 4. The van der Waals surface area contributed by atoms with Gasteiger partial charge in [-0.2, -0.15) is 0 Å². The van der Waals surface area contributed by atoms with Gasteiger partial charge in [0.05, 0.1) is 19.3 Å². The monoisotopic (exact) mass is 297 g/mol. The second-order valence-corrected chi connectivity index (χ2v) is 5.27. The molecule has 0 unspecified atom stereocenters. The number of ether oxygens (including phenoxy) is 1. The molecule has 0 aromatic heterocycles. The van der Waals surface area contributed by atoms with Gasteiger partial charge in [-0.3, -0.25) is 4.79 Å². The van der Waals surface area contributed by atoms with Gasteiger partial charge < -0.3 is 20.3 Å². The lowest BCUT2D eigenvalue weighted by molar-refractivity contribution is -0.132. The highest BCUT2D eigenvalue weighted by Gasteiger charge is 2.22. The van der Waals surface area contributed by atoms with E-state index in [9.17, 15) is 4.79 Å². The Hall–Kier alpha value is -1.46. The van der Waals surface area contributed by atoms with Gasteiger partial charge in [-0.1, -0.05) is 11.6 Å². The number of hydrogen-bond donors (Lipinski definition) is 2. The Morgan fingerprint density at radius 2 is 2.40 bits per heavy atom. The SMILES string of the molecule is COc1ccc(Cl)cc1NCC(=O)N1CCNC[C@H]1C. The number of anilines is 1. The second-order valence-electron chi connectivity index (χ2n) is 4.84. The lowest BCUT2D eigenvalue weighted by Gasteiger charge is -2.34. The normalized spacial score (nSPS) is 18.8. The molecule has 1 aromatic carbocycles. The minimum atomic E-state index is 0.0843. The highest BCUT2D eigenvalue weighted by atomic mass is 35.5. The molecular weight excluding hydrogens is 278 g/mol. The van der Waals surface area contributed by atoms with Crippen molar-refractivity contribution in [1.29, 1.82) is 0 Å². The Morgan fingerprint density at radius 1 is 1.60 bits per heavy atom. The molecular formula is C14H20ClN3O2. The van der Waals surface area contributed by atoms with Crippen molar-refractivity contribution >= 4 is 23.2 Å². The van der Waals surface area contributed by atoms with Gasteiger partial charge >= 0.3 is 0 Å². The molecule has 0 saturated carbocycles. The summed E-state index contributed by atoms with van der Waals surface area (Å²) in [6, 6.07) is 5.52. The van der Waals surface area contributed by atoms with Gasteiger partial charge in [-0.15, -0.1) is 0 Å². The van der Waals surface area contributed by atoms with Gasteiger partial charge in [0.25, 0.3) is 0 Å². The fraction of sp³-hybridized carbons (Fsp3) is 0.500. The number of carbonyl (C=O) groups is 1. The van der Waals surface area contributed by atoms with Gasteiger partial charge in [0.15, 0.2) is 0 Å². The number of methoxy groups -OCH3 is 1. The predicted octanol–water partition coefficient (Wildman–Crippen LogP) is 1.58. The van der Waals surface area contributed by atoms with Crippen LogP contribution in [0, 0.1) is 0 Å². The number of amides is 1. The molecule has 2 N–H and O–H groups in total. The van der Waals surface area contributed by atoms with E-state index in [1.54, 1.807) is 25.3 Å². The largest absolute Gasteiger partial charge is 0.495 e. The number of halogens is 1. The van der Waals surface area contributed by atoms with Gasteiger partial charge in [0, 0.05) is 30.7 Å². The maximum absolute atomic E-state index is 12.2. The van der Waals surface area contributed by atoms with Crippen LogP contribution < -0.4 is 15.4 Å². The maximum Gasteiger partial charge on any atom is 0.242 e. The van der Waals surface area contributed by atoms with Crippen LogP contribution in [-0.4, -0.2) is 50.1 Å². The lowest BCUT2D eigenvalue weighted by atomic mass is 10.2. The molecule has 0 radical (unpaired) electrons. The van der Waals surface area contributed by atoms with Crippen molar-refractivity contribution in [3.05, 3.63) is 23.2 Å². The highest BCUT2D eigenvalue weighted by Crippen LogP contribution is 2.27. The number of piperazine rings is 1. The molecule has 1 aliphatic rings. The number of carbonyl (C=O) groups excluding carboxylic acids is 1. The summed E-state index contributed by atoms with van der Waals surface area (Å²) in [5.41, 5.74) is 0.733. The third-order valence-electron chi connectivity index (χ3n) is 3.41. The smallest absolute Gasteiger partial charge is 0.242 e. The van der Waals surface area contributed by atoms with Crippen LogP contribution in [0.1, 0.15) is 6.92 Å². The van der Waals surface area contributed by atoms with Crippen molar-refractivity contribution in [1.82, 2.24) is 10.2 Å². The second kappa shape index (κ2) is 6.81. The van der Waals surface area contributed by atoms with Gasteiger partial charge in [0.2, 0.25) is 5.91 Å². The van der Waals surface area contributed by atoms with E-state index < -0.39 is 0 Å². The first-order chi connectivity index (χ1) is 9.61. The minimum Gasteiger partial charge on any atom is -0.495 e. The van der Waals surface area contributed by atoms with Gasteiger partial charge in [-0.05, 0) is 25.1 Å². The summed E-state index contributed by atoms with van der Waals surface area (Å²) in [6.45, 7) is 4.71. The Labute approximate surface area is 124 Å². The summed E-state index contributed by atoms with van der Waals surface area (Å²) in [4.78, 5) is 14.1. The number of nitrogens with one attached hydrogen (secondary N) is 2. The van der Waals surface area contributed by atoms with Crippen molar-refractivity contribution in [3.63, 3.8) is 0 Å². The quantitative estimate of drug-likeness (QED) is 0.886. The molecule has 2 rings (SSSR count). The Bertz CT molecular complexity index is 481. The van der Waals surface area contributed by atoms with Crippen LogP contribution in [-0.2, 0) is 4.79 Å². The molecule has 0 spiro atoms. The Morgan fingerprint density at radius 3 is 3.10 bits per heavy atom. The summed E-state index contributed by atoms with van der Waals surface area (Å²) in [5.74, 6) is 0.761. The van der Waals surface area contributed by atoms with Crippen molar-refractivity contribution in [2.45, 2.75) is 13.0 Å². The van der Waals surface area contributed by atoms with Crippen molar-refractivity contribution in [2.24, 2.45) is 0 Å². The zero-order valence-corrected chi connectivity index (χ0v) is 12.5. The molecule has 20 heavy (non-hydrogen) atoms. The van der Waals surface area contributed by atoms with Crippen molar-refractivity contribution in [3.8, 4) is 5.75 Å². The van der Waals surface area contributed by atoms with Crippen LogP contribution in [0.25, 0.3) is 0 Å². The summed E-state index contributed by atoms with van der Waals surface area (Å²) in [7, 11) is 1.59. The first-order valence-corrected chi connectivity index (χ1v) is 7.07. The van der Waals surface area contributed by atoms with Crippen molar-refractivity contribution in [2.75, 3.05) is 38.6 Å². The Kier molecular flexibility index (Phi) is 5.09. The molecule has 1 heterocycles. The third kappa shape index (κ3) is 3.55. The van der Waals surface area contributed by atoms with Crippen LogP contribution in [0.2, 0.25) is 5.02 Å². The summed E-state index contributed by atoms with van der Waals surface area (Å²) in [5, 5.41) is 6.98. The molecule has 0 bridgehead atoms. The molecule has 1 amide bonds. The topological polar surface area (TPSA) is 53.6 Å². The summed E-state index contributed by atoms with van der Waals surface area (Å²) < 4.78 is 5.24. The van der Waals surface area contributed by atoms with Crippen LogP contribution >= 0.6 is 11.6 Å². The predicted molar refractivity (Wildman–Crippen MR) is 80.5 cm³/mol. The van der Waals surface area contributed by atoms with Crippen LogP contribution in [0.15, 0.2) is 18.2 Å². The maximum atomic E-state index is 12.2. The average molecular weight is 298 g/mol. The van der Waals surface area contributed by atoms with E-state index in [0.717, 1.165) is 25.3 Å². The first-order valence-electron chi connectivity index (χ1n) is 6.69. The van der Waals surface area contributed by atoms with E-state index in [0.29, 0.717) is 10.8 Å². The summed E-state index contributed by atoms with van der Waals surface area (Å²) >= 11 is 5.96. The summed E-state index contributed by atoms with van der Waals surface area (Å²) in [6.07, 6.45) is 0. The lowest BCUT2D eigenvalue weighted by Crippen LogP contribution is -2.53. The third-order valence-corrected chi connectivity index (χ3v) is 3.65. The number of rotatable bonds is 4. The number of nitrogens with zero attached hydrogens (tertiary/aromatic N) is 1. The van der Waals surface area contributed by atoms with Crippen LogP contribution in [0.4, 0.5) is 5.69 Å². The van der Waals surface area contributed by atoms with Gasteiger partial charge in [0.1, 0.15) is 5.75 Å². The standard InChI is InChI=1S/C14H20ClN3O2/c1-10-8-16-5-6-18(10)14(19)9-17-12-7-11(15)3-4-13(12)20-2/h3-4,7,10,16-17H,5-6,8-9H2,1-2H3/t10-/m1/s1. The number of benzene rings is 1. The first kappa shape index (κ1) is 14.9. The van der Waals surface area contributed by atoms with E-state index in [1.807, 2.05) is 11.8 Å². The molecule has 1 aromatic rings.